The molecule has 2 aromatic heterocycles. The number of likely N-dealkylation sites (N-methyl/N-ethyl adjacent to an activating group) is 1. The molecule has 168 valence electrons. The largest absolute Gasteiger partial charge is 0.363 e. The number of imidazole rings is 1. The maximum atomic E-state index is 13.7. The van der Waals surface area contributed by atoms with E-state index in [0.29, 0.717) is 36.8 Å². The number of nitrogens with one attached hydrogen (secondary N) is 1. The lowest BCUT2D eigenvalue weighted by Gasteiger charge is -2.51. The van der Waals surface area contributed by atoms with Crippen molar-refractivity contribution in [2.45, 2.75) is 31.8 Å². The fourth-order valence-electron chi connectivity index (χ4n) is 5.10. The molecule has 0 aliphatic carbocycles. The third kappa shape index (κ3) is 3.26. The molecule has 2 aliphatic rings. The second-order valence-corrected chi connectivity index (χ2v) is 9.09. The summed E-state index contributed by atoms with van der Waals surface area (Å²) in [4.78, 5) is 31.1. The van der Waals surface area contributed by atoms with Crippen molar-refractivity contribution < 1.29 is 4.79 Å². The summed E-state index contributed by atoms with van der Waals surface area (Å²) >= 11 is 0. The molecule has 1 atom stereocenters. The van der Waals surface area contributed by atoms with Gasteiger partial charge in [-0.05, 0) is 38.1 Å². The Bertz CT molecular complexity index is 1280. The number of anilines is 2. The number of aromatic nitrogens is 4. The number of carbonyl (C=O) groups is 1. The molecule has 0 radical (unpaired) electrons. The molecular weight excluding hydrogens is 416 g/mol. The Balaban J connectivity index is 1.56. The Morgan fingerprint density at radius 2 is 2.00 bits per heavy atom. The monoisotopic (exact) mass is 442 g/mol. The van der Waals surface area contributed by atoms with Crippen molar-refractivity contribution in [2.75, 3.05) is 30.4 Å². The first-order chi connectivity index (χ1) is 15.8. The zero-order valence-corrected chi connectivity index (χ0v) is 19.2. The van der Waals surface area contributed by atoms with Crippen LogP contribution >= 0.6 is 0 Å². The van der Waals surface area contributed by atoms with Gasteiger partial charge in [-0.1, -0.05) is 12.1 Å². The number of fused-ring (bicyclic) bond motifs is 2. The highest BCUT2D eigenvalue weighted by Crippen LogP contribution is 2.43. The molecule has 9 heteroatoms. The molecule has 5 rings (SSSR count). The normalized spacial score (nSPS) is 17.9. The van der Waals surface area contributed by atoms with Crippen LogP contribution in [0.25, 0.3) is 0 Å². The lowest BCUT2D eigenvalue weighted by molar-refractivity contribution is -0.131. The zero-order valence-electron chi connectivity index (χ0n) is 19.2. The van der Waals surface area contributed by atoms with E-state index in [1.165, 1.54) is 6.33 Å². The van der Waals surface area contributed by atoms with E-state index in [1.54, 1.807) is 11.2 Å². The van der Waals surface area contributed by atoms with Gasteiger partial charge >= 0.3 is 0 Å². The summed E-state index contributed by atoms with van der Waals surface area (Å²) in [6.07, 6.45) is 5.09. The molecule has 1 spiro atoms. The Morgan fingerprint density at radius 3 is 2.67 bits per heavy atom. The maximum Gasteiger partial charge on any atom is 0.243 e. The Hall–Kier alpha value is -3.77. The van der Waals surface area contributed by atoms with Crippen molar-refractivity contribution in [1.29, 1.82) is 5.26 Å². The number of aryl methyl sites for hydroxylation is 1. The first-order valence-corrected chi connectivity index (χ1v) is 10.9. The minimum Gasteiger partial charge on any atom is -0.363 e. The first-order valence-electron chi connectivity index (χ1n) is 10.9. The van der Waals surface area contributed by atoms with Crippen LogP contribution in [0.5, 0.6) is 0 Å². The van der Waals surface area contributed by atoms with Gasteiger partial charge in [-0.25, -0.2) is 15.0 Å². The van der Waals surface area contributed by atoms with Crippen molar-refractivity contribution >= 4 is 17.5 Å². The van der Waals surface area contributed by atoms with E-state index in [2.05, 4.69) is 38.2 Å². The Morgan fingerprint density at radius 1 is 1.21 bits per heavy atom. The Labute approximate surface area is 192 Å². The van der Waals surface area contributed by atoms with Gasteiger partial charge in [0.1, 0.15) is 17.6 Å². The summed E-state index contributed by atoms with van der Waals surface area (Å²) in [5, 5.41) is 12.9. The van der Waals surface area contributed by atoms with Crippen LogP contribution in [0, 0.1) is 18.3 Å². The van der Waals surface area contributed by atoms with E-state index >= 15 is 0 Å². The molecular formula is C24H26N8O. The highest BCUT2D eigenvalue weighted by Gasteiger charge is 2.56. The highest BCUT2D eigenvalue weighted by atomic mass is 16.2. The molecule has 1 amide bonds. The second kappa shape index (κ2) is 7.67. The average molecular weight is 443 g/mol. The molecule has 0 unspecified atom stereocenters. The van der Waals surface area contributed by atoms with E-state index in [1.807, 2.05) is 50.0 Å². The van der Waals surface area contributed by atoms with Crippen LogP contribution in [0.1, 0.15) is 40.9 Å². The highest BCUT2D eigenvalue weighted by molar-refractivity contribution is 6.03. The molecule has 33 heavy (non-hydrogen) atoms. The molecule has 1 N–H and O–H groups in total. The fourth-order valence-corrected chi connectivity index (χ4v) is 5.10. The van der Waals surface area contributed by atoms with E-state index in [0.717, 1.165) is 22.4 Å². The molecule has 0 bridgehead atoms. The Kier molecular flexibility index (Phi) is 4.91. The summed E-state index contributed by atoms with van der Waals surface area (Å²) in [5.41, 5.74) is 3.66. The molecule has 9 nitrogen and oxygen atoms in total. The van der Waals surface area contributed by atoms with Crippen molar-refractivity contribution in [2.24, 2.45) is 7.05 Å². The molecule has 1 aromatic carbocycles. The van der Waals surface area contributed by atoms with Crippen LogP contribution in [0.4, 0.5) is 11.6 Å². The van der Waals surface area contributed by atoms with E-state index in [9.17, 15) is 10.1 Å². The lowest BCUT2D eigenvalue weighted by atomic mass is 9.71. The van der Waals surface area contributed by atoms with Gasteiger partial charge in [0.15, 0.2) is 5.82 Å². The summed E-state index contributed by atoms with van der Waals surface area (Å²) in [6, 6.07) is 7.91. The van der Waals surface area contributed by atoms with Gasteiger partial charge in [0, 0.05) is 31.9 Å². The van der Waals surface area contributed by atoms with Crippen LogP contribution in [0.2, 0.25) is 0 Å². The topological polar surface area (TPSA) is 103 Å². The minimum absolute atomic E-state index is 0.0297. The SMILES string of the molecule is Cc1c(C#N)cccc1[C@@H](C)Nc1ncnc2c1CN(c1cn(C)cn1)C(=O)C21CN(C)C1. The standard InChI is InChI=1S/C24H26N8O/c1-15-17(8-25)6-5-7-18(15)16(2)29-22-19-9-32(20-10-30(3)14-28-20)23(33)24(11-31(4)12-24)21(19)26-13-27-22/h5-7,10,13-14,16H,9,11-12H2,1-4H3,(H,26,27,29)/t16-/m1/s1. The van der Waals surface area contributed by atoms with Gasteiger partial charge in [0.2, 0.25) is 5.91 Å². The van der Waals surface area contributed by atoms with Crippen LogP contribution in [0.3, 0.4) is 0 Å². The van der Waals surface area contributed by atoms with E-state index in [4.69, 9.17) is 0 Å². The zero-order chi connectivity index (χ0) is 23.3. The summed E-state index contributed by atoms with van der Waals surface area (Å²) in [7, 11) is 3.90. The van der Waals surface area contributed by atoms with Gasteiger partial charge in [-0.2, -0.15) is 5.26 Å². The predicted molar refractivity (Wildman–Crippen MR) is 124 cm³/mol. The van der Waals surface area contributed by atoms with Gasteiger partial charge in [0.05, 0.1) is 36.2 Å². The fraction of sp³-hybridized carbons (Fsp3) is 0.375. The van der Waals surface area contributed by atoms with Crippen molar-refractivity contribution in [3.8, 4) is 6.07 Å². The lowest BCUT2D eigenvalue weighted by Crippen LogP contribution is -2.68. The molecule has 3 aromatic rings. The smallest absolute Gasteiger partial charge is 0.243 e. The van der Waals surface area contributed by atoms with Gasteiger partial charge in [0.25, 0.3) is 0 Å². The van der Waals surface area contributed by atoms with Crippen molar-refractivity contribution in [3.63, 3.8) is 0 Å². The summed E-state index contributed by atoms with van der Waals surface area (Å²) < 4.78 is 1.84. The first kappa shape index (κ1) is 21.1. The number of nitriles is 1. The van der Waals surface area contributed by atoms with E-state index < -0.39 is 5.41 Å². The number of amides is 1. The van der Waals surface area contributed by atoms with Gasteiger partial charge in [-0.15, -0.1) is 0 Å². The van der Waals surface area contributed by atoms with Crippen molar-refractivity contribution in [3.05, 3.63) is 65.0 Å². The molecule has 4 heterocycles. The quantitative estimate of drug-likeness (QED) is 0.661. The number of rotatable bonds is 4. The third-order valence-corrected chi connectivity index (χ3v) is 6.73. The van der Waals surface area contributed by atoms with Crippen LogP contribution in [0.15, 0.2) is 37.1 Å². The van der Waals surface area contributed by atoms with Crippen molar-refractivity contribution in [1.82, 2.24) is 24.4 Å². The van der Waals surface area contributed by atoms with Crippen LogP contribution < -0.4 is 10.2 Å². The molecule has 0 saturated carbocycles. The van der Waals surface area contributed by atoms with Crippen LogP contribution in [-0.4, -0.2) is 50.5 Å². The third-order valence-electron chi connectivity index (χ3n) is 6.73. The van der Waals surface area contributed by atoms with Gasteiger partial charge in [-0.3, -0.25) is 9.69 Å². The molecule has 1 fully saturated rings. The number of carbonyl (C=O) groups excluding carboxylic acids is 1. The number of hydrogen-bond acceptors (Lipinski definition) is 7. The van der Waals surface area contributed by atoms with E-state index in [-0.39, 0.29) is 11.9 Å². The predicted octanol–water partition coefficient (Wildman–Crippen LogP) is 2.29. The maximum absolute atomic E-state index is 13.7. The summed E-state index contributed by atoms with van der Waals surface area (Å²) in [6.45, 7) is 5.58. The second-order valence-electron chi connectivity index (χ2n) is 9.09. The van der Waals surface area contributed by atoms with Gasteiger partial charge < -0.3 is 14.8 Å². The average Bonchev–Trinajstić information content (AvgIpc) is 3.21. The summed E-state index contributed by atoms with van der Waals surface area (Å²) in [5.74, 6) is 1.36. The number of benzene rings is 1. The number of nitrogens with zero attached hydrogens (tertiary/aromatic N) is 7. The number of hydrogen-bond donors (Lipinski definition) is 1. The molecule has 2 aliphatic heterocycles. The minimum atomic E-state index is -0.695. The van der Waals surface area contributed by atoms with Crippen LogP contribution in [-0.2, 0) is 23.8 Å². The number of likely N-dealkylation sites (tertiary alicyclic amines) is 1. The molecule has 1 saturated heterocycles.